The van der Waals surface area contributed by atoms with Crippen LogP contribution in [0.3, 0.4) is 0 Å². The topological polar surface area (TPSA) is 83.1 Å². The first kappa shape index (κ1) is 11.5. The lowest BCUT2D eigenvalue weighted by Crippen LogP contribution is -2.05. The number of rotatable bonds is 2. The minimum absolute atomic E-state index is 0.0384. The molecule has 0 heterocycles. The van der Waals surface area contributed by atoms with Gasteiger partial charge in [-0.3, -0.25) is 4.79 Å². The normalized spacial score (nSPS) is 8.75. The SMILES string of the molecule is COc1cc(C#N)cc(C#N)c1OC(C)=O. The number of ether oxygens (including phenoxy) is 2. The zero-order valence-corrected chi connectivity index (χ0v) is 8.77. The fourth-order valence-electron chi connectivity index (χ4n) is 1.15. The Kier molecular flexibility index (Phi) is 3.47. The first-order chi connectivity index (χ1) is 7.62. The van der Waals surface area contributed by atoms with Crippen molar-refractivity contribution in [3.8, 4) is 23.6 Å². The van der Waals surface area contributed by atoms with Crippen LogP contribution in [-0.2, 0) is 4.79 Å². The summed E-state index contributed by atoms with van der Waals surface area (Å²) < 4.78 is 9.81. The van der Waals surface area contributed by atoms with E-state index < -0.39 is 5.97 Å². The van der Waals surface area contributed by atoms with Crippen molar-refractivity contribution < 1.29 is 14.3 Å². The second kappa shape index (κ2) is 4.81. The highest BCUT2D eigenvalue weighted by atomic mass is 16.6. The van der Waals surface area contributed by atoms with Crippen LogP contribution in [0.4, 0.5) is 0 Å². The summed E-state index contributed by atoms with van der Waals surface area (Å²) in [6.45, 7) is 1.22. The van der Waals surface area contributed by atoms with Gasteiger partial charge in [0.05, 0.1) is 24.3 Å². The molecule has 0 bridgehead atoms. The van der Waals surface area contributed by atoms with Crippen LogP contribution in [0.1, 0.15) is 18.1 Å². The van der Waals surface area contributed by atoms with Crippen LogP contribution in [0.25, 0.3) is 0 Å². The fraction of sp³-hybridized carbons (Fsp3) is 0.182. The van der Waals surface area contributed by atoms with E-state index in [1.54, 1.807) is 0 Å². The Morgan fingerprint density at radius 3 is 2.44 bits per heavy atom. The minimum atomic E-state index is -0.556. The van der Waals surface area contributed by atoms with Crippen LogP contribution in [0.15, 0.2) is 12.1 Å². The Morgan fingerprint density at radius 2 is 2.00 bits per heavy atom. The Morgan fingerprint density at radius 1 is 1.31 bits per heavy atom. The van der Waals surface area contributed by atoms with E-state index in [2.05, 4.69) is 0 Å². The Hall–Kier alpha value is -2.53. The molecule has 0 aliphatic heterocycles. The highest BCUT2D eigenvalue weighted by Gasteiger charge is 2.14. The fourth-order valence-corrected chi connectivity index (χ4v) is 1.15. The van der Waals surface area contributed by atoms with Crippen LogP contribution in [0.2, 0.25) is 0 Å². The van der Waals surface area contributed by atoms with E-state index in [1.165, 1.54) is 26.2 Å². The number of hydrogen-bond donors (Lipinski definition) is 0. The maximum Gasteiger partial charge on any atom is 0.308 e. The average molecular weight is 216 g/mol. The summed E-state index contributed by atoms with van der Waals surface area (Å²) in [5.74, 6) is -0.332. The molecule has 0 unspecified atom stereocenters. The van der Waals surface area contributed by atoms with Gasteiger partial charge in [0.2, 0.25) is 0 Å². The molecule has 0 aliphatic carbocycles. The van der Waals surface area contributed by atoms with E-state index in [-0.39, 0.29) is 22.6 Å². The Balaban J connectivity index is 3.40. The van der Waals surface area contributed by atoms with Gasteiger partial charge < -0.3 is 9.47 Å². The zero-order chi connectivity index (χ0) is 12.1. The van der Waals surface area contributed by atoms with E-state index in [4.69, 9.17) is 20.0 Å². The van der Waals surface area contributed by atoms with Crippen LogP contribution >= 0.6 is 0 Å². The smallest absolute Gasteiger partial charge is 0.308 e. The number of carbonyl (C=O) groups is 1. The third-order valence-corrected chi connectivity index (χ3v) is 1.77. The number of hydrogen-bond acceptors (Lipinski definition) is 5. The van der Waals surface area contributed by atoms with Gasteiger partial charge in [-0.2, -0.15) is 10.5 Å². The van der Waals surface area contributed by atoms with Crippen molar-refractivity contribution in [2.75, 3.05) is 7.11 Å². The summed E-state index contributed by atoms with van der Waals surface area (Å²) in [7, 11) is 1.37. The number of carbonyl (C=O) groups excluding carboxylic acids is 1. The van der Waals surface area contributed by atoms with Crippen LogP contribution in [0.5, 0.6) is 11.5 Å². The van der Waals surface area contributed by atoms with Crippen molar-refractivity contribution in [2.24, 2.45) is 0 Å². The number of benzene rings is 1. The molecular formula is C11H8N2O3. The number of esters is 1. The van der Waals surface area contributed by atoms with Gasteiger partial charge in [-0.25, -0.2) is 0 Å². The molecule has 80 valence electrons. The van der Waals surface area contributed by atoms with E-state index in [0.29, 0.717) is 0 Å². The van der Waals surface area contributed by atoms with Crippen molar-refractivity contribution >= 4 is 5.97 Å². The van der Waals surface area contributed by atoms with Gasteiger partial charge in [0.25, 0.3) is 0 Å². The molecule has 0 aromatic heterocycles. The van der Waals surface area contributed by atoms with E-state index in [9.17, 15) is 4.79 Å². The molecule has 0 saturated carbocycles. The first-order valence-corrected chi connectivity index (χ1v) is 4.33. The lowest BCUT2D eigenvalue weighted by Gasteiger charge is -2.09. The molecule has 0 aliphatic rings. The van der Waals surface area contributed by atoms with Gasteiger partial charge in [-0.1, -0.05) is 0 Å². The largest absolute Gasteiger partial charge is 0.493 e. The molecule has 0 radical (unpaired) electrons. The summed E-state index contributed by atoms with van der Waals surface area (Å²) in [6.07, 6.45) is 0. The molecular weight excluding hydrogens is 208 g/mol. The average Bonchev–Trinajstić information content (AvgIpc) is 2.28. The van der Waals surface area contributed by atoms with Crippen molar-refractivity contribution in [1.29, 1.82) is 10.5 Å². The molecule has 0 N–H and O–H groups in total. The highest BCUT2D eigenvalue weighted by molar-refractivity contribution is 5.72. The Bertz CT molecular complexity index is 509. The third kappa shape index (κ3) is 2.28. The van der Waals surface area contributed by atoms with Gasteiger partial charge in [0, 0.05) is 13.0 Å². The van der Waals surface area contributed by atoms with Crippen LogP contribution < -0.4 is 9.47 Å². The van der Waals surface area contributed by atoms with Gasteiger partial charge in [0.1, 0.15) is 6.07 Å². The second-order valence-electron chi connectivity index (χ2n) is 2.87. The van der Waals surface area contributed by atoms with E-state index >= 15 is 0 Å². The van der Waals surface area contributed by atoms with Crippen LogP contribution in [-0.4, -0.2) is 13.1 Å². The number of methoxy groups -OCH3 is 1. The molecule has 0 saturated heterocycles. The molecule has 5 heteroatoms. The predicted molar refractivity (Wildman–Crippen MR) is 53.7 cm³/mol. The summed E-state index contributed by atoms with van der Waals surface area (Å²) in [5.41, 5.74) is 0.357. The zero-order valence-electron chi connectivity index (χ0n) is 8.77. The predicted octanol–water partition coefficient (Wildman–Crippen LogP) is 1.36. The summed E-state index contributed by atoms with van der Waals surface area (Å²) >= 11 is 0. The molecule has 0 spiro atoms. The van der Waals surface area contributed by atoms with Crippen LogP contribution in [0, 0.1) is 22.7 Å². The van der Waals surface area contributed by atoms with Gasteiger partial charge in [-0.05, 0) is 6.07 Å². The summed E-state index contributed by atoms with van der Waals surface area (Å²) in [5, 5.41) is 17.6. The van der Waals surface area contributed by atoms with Gasteiger partial charge in [0.15, 0.2) is 11.5 Å². The molecule has 16 heavy (non-hydrogen) atoms. The van der Waals surface area contributed by atoms with Crippen molar-refractivity contribution in [2.45, 2.75) is 6.92 Å². The monoisotopic (exact) mass is 216 g/mol. The quantitative estimate of drug-likeness (QED) is 0.550. The summed E-state index contributed by atoms with van der Waals surface area (Å²) in [6, 6.07) is 6.46. The Labute approximate surface area is 92.4 Å². The van der Waals surface area contributed by atoms with Crippen molar-refractivity contribution in [3.63, 3.8) is 0 Å². The molecule has 0 amide bonds. The van der Waals surface area contributed by atoms with Gasteiger partial charge >= 0.3 is 5.97 Å². The molecule has 0 atom stereocenters. The molecule has 1 aromatic rings. The summed E-state index contributed by atoms with van der Waals surface area (Å²) in [4.78, 5) is 10.9. The lowest BCUT2D eigenvalue weighted by molar-refractivity contribution is -0.132. The molecule has 1 aromatic carbocycles. The second-order valence-corrected chi connectivity index (χ2v) is 2.87. The number of nitrogens with zero attached hydrogens (tertiary/aromatic N) is 2. The van der Waals surface area contributed by atoms with Gasteiger partial charge in [-0.15, -0.1) is 0 Å². The number of nitriles is 2. The lowest BCUT2D eigenvalue weighted by atomic mass is 10.1. The van der Waals surface area contributed by atoms with E-state index in [0.717, 1.165) is 0 Å². The molecule has 5 nitrogen and oxygen atoms in total. The molecule has 0 fully saturated rings. The minimum Gasteiger partial charge on any atom is -0.493 e. The van der Waals surface area contributed by atoms with E-state index in [1.807, 2.05) is 12.1 Å². The maximum absolute atomic E-state index is 10.9. The maximum atomic E-state index is 10.9. The van der Waals surface area contributed by atoms with Crippen molar-refractivity contribution in [1.82, 2.24) is 0 Å². The van der Waals surface area contributed by atoms with Crippen molar-refractivity contribution in [3.05, 3.63) is 23.3 Å². The standard InChI is InChI=1S/C11H8N2O3/c1-7(14)16-11-9(6-13)3-8(5-12)4-10(11)15-2/h3-4H,1-2H3. The third-order valence-electron chi connectivity index (χ3n) is 1.77. The first-order valence-electron chi connectivity index (χ1n) is 4.33. The molecule has 1 rings (SSSR count). The highest BCUT2D eigenvalue weighted by Crippen LogP contribution is 2.32.